The van der Waals surface area contributed by atoms with Gasteiger partial charge in [0.1, 0.15) is 5.75 Å². The van der Waals surface area contributed by atoms with Gasteiger partial charge in [0.2, 0.25) is 0 Å². The number of nitrogens with one attached hydrogen (secondary N) is 1. The second-order valence-electron chi connectivity index (χ2n) is 5.84. The number of halogens is 1. The molecule has 0 aliphatic carbocycles. The summed E-state index contributed by atoms with van der Waals surface area (Å²) in [5, 5.41) is 3.49. The summed E-state index contributed by atoms with van der Waals surface area (Å²) in [5.41, 5.74) is 2.58. The Morgan fingerprint density at radius 1 is 1.09 bits per heavy atom. The zero-order valence-corrected chi connectivity index (χ0v) is 15.1. The molecule has 4 heteroatoms. The first kappa shape index (κ1) is 16.5. The summed E-state index contributed by atoms with van der Waals surface area (Å²) in [6.45, 7) is 4.27. The first-order valence-electron chi connectivity index (χ1n) is 8.13. The maximum atomic E-state index is 5.44. The number of rotatable bonds is 4. The molecule has 0 radical (unpaired) electrons. The molecular formula is C19H23BrN2O. The maximum absolute atomic E-state index is 5.44. The van der Waals surface area contributed by atoms with Crippen LogP contribution >= 0.6 is 15.9 Å². The van der Waals surface area contributed by atoms with E-state index in [4.69, 9.17) is 4.74 Å². The number of ether oxygens (including phenoxy) is 1. The minimum atomic E-state index is 0.237. The fourth-order valence-corrected chi connectivity index (χ4v) is 3.72. The van der Waals surface area contributed by atoms with Crippen molar-refractivity contribution in [2.45, 2.75) is 12.5 Å². The Morgan fingerprint density at radius 3 is 2.78 bits per heavy atom. The van der Waals surface area contributed by atoms with Gasteiger partial charge in [-0.05, 0) is 42.3 Å². The van der Waals surface area contributed by atoms with Gasteiger partial charge in [-0.15, -0.1) is 0 Å². The molecule has 2 aromatic carbocycles. The number of nitrogens with zero attached hydrogens (tertiary/aromatic N) is 1. The predicted octanol–water partition coefficient (Wildman–Crippen LogP) is 3.84. The van der Waals surface area contributed by atoms with Crippen LogP contribution in [0.5, 0.6) is 5.75 Å². The molecule has 2 aromatic rings. The fourth-order valence-electron chi connectivity index (χ4n) is 3.22. The van der Waals surface area contributed by atoms with E-state index in [1.165, 1.54) is 17.5 Å². The van der Waals surface area contributed by atoms with Crippen LogP contribution in [0.15, 0.2) is 53.0 Å². The number of hydrogen-bond donors (Lipinski definition) is 1. The molecule has 0 amide bonds. The first-order chi connectivity index (χ1) is 11.3. The van der Waals surface area contributed by atoms with E-state index in [1.54, 1.807) is 7.11 Å². The lowest BCUT2D eigenvalue weighted by molar-refractivity contribution is 0.240. The van der Waals surface area contributed by atoms with Crippen molar-refractivity contribution in [1.82, 2.24) is 10.2 Å². The summed E-state index contributed by atoms with van der Waals surface area (Å²) in [6, 6.07) is 17.2. The third-order valence-electron chi connectivity index (χ3n) is 4.35. The average molecular weight is 375 g/mol. The molecule has 0 saturated carbocycles. The van der Waals surface area contributed by atoms with Gasteiger partial charge >= 0.3 is 0 Å². The lowest BCUT2D eigenvalue weighted by Crippen LogP contribution is -2.33. The molecule has 122 valence electrons. The number of benzene rings is 2. The maximum Gasteiger partial charge on any atom is 0.119 e. The number of hydrogen-bond acceptors (Lipinski definition) is 3. The normalized spacial score (nSPS) is 17.5. The molecule has 3 nitrogen and oxygen atoms in total. The molecule has 1 fully saturated rings. The molecule has 1 saturated heterocycles. The van der Waals surface area contributed by atoms with Crippen LogP contribution in [0, 0.1) is 0 Å². The quantitative estimate of drug-likeness (QED) is 0.879. The van der Waals surface area contributed by atoms with Crippen molar-refractivity contribution in [3.8, 4) is 5.75 Å². The SMILES string of the molecule is COc1cccc(C(c2ccccc2Br)N2CCCNCC2)c1. The highest BCUT2D eigenvalue weighted by Crippen LogP contribution is 2.35. The minimum Gasteiger partial charge on any atom is -0.497 e. The molecular weight excluding hydrogens is 352 g/mol. The Morgan fingerprint density at radius 2 is 1.96 bits per heavy atom. The highest BCUT2D eigenvalue weighted by atomic mass is 79.9. The van der Waals surface area contributed by atoms with Crippen molar-refractivity contribution in [3.05, 3.63) is 64.1 Å². The van der Waals surface area contributed by atoms with Crippen LogP contribution in [0.1, 0.15) is 23.6 Å². The molecule has 1 atom stereocenters. The first-order valence-corrected chi connectivity index (χ1v) is 8.92. The molecule has 0 spiro atoms. The van der Waals surface area contributed by atoms with Gasteiger partial charge in [0.15, 0.2) is 0 Å². The van der Waals surface area contributed by atoms with Crippen molar-refractivity contribution in [1.29, 1.82) is 0 Å². The third kappa shape index (κ3) is 3.94. The van der Waals surface area contributed by atoms with Crippen LogP contribution < -0.4 is 10.1 Å². The van der Waals surface area contributed by atoms with E-state index < -0.39 is 0 Å². The van der Waals surface area contributed by atoms with Crippen molar-refractivity contribution in [2.24, 2.45) is 0 Å². The summed E-state index contributed by atoms with van der Waals surface area (Å²) < 4.78 is 6.60. The van der Waals surface area contributed by atoms with Gasteiger partial charge in [0.05, 0.1) is 13.2 Å². The Bertz CT molecular complexity index is 639. The fraction of sp³-hybridized carbons (Fsp3) is 0.368. The lowest BCUT2D eigenvalue weighted by Gasteiger charge is -2.32. The summed E-state index contributed by atoms with van der Waals surface area (Å²) in [5.74, 6) is 0.910. The van der Waals surface area contributed by atoms with E-state index >= 15 is 0 Å². The van der Waals surface area contributed by atoms with Crippen LogP contribution in [0.25, 0.3) is 0 Å². The van der Waals surface area contributed by atoms with Crippen LogP contribution in [0.2, 0.25) is 0 Å². The van der Waals surface area contributed by atoms with Gasteiger partial charge in [0, 0.05) is 24.1 Å². The van der Waals surface area contributed by atoms with Crippen molar-refractivity contribution < 1.29 is 4.74 Å². The summed E-state index contributed by atoms with van der Waals surface area (Å²) in [6.07, 6.45) is 1.17. The molecule has 1 aliphatic heterocycles. The van der Waals surface area contributed by atoms with E-state index in [0.29, 0.717) is 0 Å². The van der Waals surface area contributed by atoms with Crippen molar-refractivity contribution >= 4 is 15.9 Å². The molecule has 1 N–H and O–H groups in total. The topological polar surface area (TPSA) is 24.5 Å². The molecule has 1 unspecified atom stereocenters. The average Bonchev–Trinajstić information content (AvgIpc) is 2.86. The Kier molecular flexibility index (Phi) is 5.70. The highest BCUT2D eigenvalue weighted by Gasteiger charge is 2.25. The Hall–Kier alpha value is -1.36. The van der Waals surface area contributed by atoms with Gasteiger partial charge in [-0.2, -0.15) is 0 Å². The zero-order valence-electron chi connectivity index (χ0n) is 13.5. The van der Waals surface area contributed by atoms with Gasteiger partial charge in [-0.3, -0.25) is 4.90 Å². The van der Waals surface area contributed by atoms with E-state index in [-0.39, 0.29) is 6.04 Å². The monoisotopic (exact) mass is 374 g/mol. The summed E-state index contributed by atoms with van der Waals surface area (Å²) in [7, 11) is 1.72. The number of methoxy groups -OCH3 is 1. The van der Waals surface area contributed by atoms with Gasteiger partial charge in [-0.1, -0.05) is 46.3 Å². The largest absolute Gasteiger partial charge is 0.497 e. The molecule has 1 aliphatic rings. The molecule has 0 aromatic heterocycles. The smallest absolute Gasteiger partial charge is 0.119 e. The summed E-state index contributed by atoms with van der Waals surface area (Å²) >= 11 is 3.74. The Balaban J connectivity index is 2.03. The zero-order chi connectivity index (χ0) is 16.1. The van der Waals surface area contributed by atoms with Gasteiger partial charge in [0.25, 0.3) is 0 Å². The van der Waals surface area contributed by atoms with Gasteiger partial charge < -0.3 is 10.1 Å². The summed E-state index contributed by atoms with van der Waals surface area (Å²) in [4.78, 5) is 2.56. The van der Waals surface area contributed by atoms with E-state index in [2.05, 4.69) is 68.6 Å². The second-order valence-corrected chi connectivity index (χ2v) is 6.69. The van der Waals surface area contributed by atoms with Crippen LogP contribution in [-0.2, 0) is 0 Å². The van der Waals surface area contributed by atoms with E-state index in [1.807, 2.05) is 6.07 Å². The van der Waals surface area contributed by atoms with E-state index in [9.17, 15) is 0 Å². The van der Waals surface area contributed by atoms with Crippen LogP contribution in [0.3, 0.4) is 0 Å². The van der Waals surface area contributed by atoms with Crippen LogP contribution in [0.4, 0.5) is 0 Å². The third-order valence-corrected chi connectivity index (χ3v) is 5.07. The van der Waals surface area contributed by atoms with Crippen LogP contribution in [-0.4, -0.2) is 38.2 Å². The molecule has 1 heterocycles. The molecule has 0 bridgehead atoms. The highest BCUT2D eigenvalue weighted by molar-refractivity contribution is 9.10. The molecule has 23 heavy (non-hydrogen) atoms. The Labute approximate surface area is 146 Å². The minimum absolute atomic E-state index is 0.237. The lowest BCUT2D eigenvalue weighted by atomic mass is 9.96. The van der Waals surface area contributed by atoms with E-state index in [0.717, 1.165) is 36.4 Å². The van der Waals surface area contributed by atoms with Gasteiger partial charge in [-0.25, -0.2) is 0 Å². The predicted molar refractivity (Wildman–Crippen MR) is 98.0 cm³/mol. The van der Waals surface area contributed by atoms with Crippen molar-refractivity contribution in [3.63, 3.8) is 0 Å². The second kappa shape index (κ2) is 7.95. The standard InChI is InChI=1S/C19H23BrN2O/c1-23-16-7-4-6-15(14-16)19(17-8-2-3-9-18(17)20)22-12-5-10-21-11-13-22/h2-4,6-9,14,19,21H,5,10-13H2,1H3. The molecule has 3 rings (SSSR count). The van der Waals surface area contributed by atoms with Crippen molar-refractivity contribution in [2.75, 3.05) is 33.3 Å².